The van der Waals surface area contributed by atoms with Crippen LogP contribution in [0.5, 0.6) is 0 Å². The van der Waals surface area contributed by atoms with E-state index in [1.807, 2.05) is 18.9 Å². The predicted molar refractivity (Wildman–Crippen MR) is 67.7 cm³/mol. The molecule has 0 aromatic rings. The van der Waals surface area contributed by atoms with Crippen LogP contribution in [-0.4, -0.2) is 41.9 Å². The van der Waals surface area contributed by atoms with Gasteiger partial charge in [-0.15, -0.1) is 11.6 Å². The fourth-order valence-corrected chi connectivity index (χ4v) is 2.16. The molecule has 0 bridgehead atoms. The Balaban J connectivity index is 2.53. The molecule has 3 unspecified atom stereocenters. The maximum absolute atomic E-state index is 12.0. The van der Waals surface area contributed by atoms with Crippen molar-refractivity contribution in [1.82, 2.24) is 10.2 Å². The van der Waals surface area contributed by atoms with Crippen molar-refractivity contribution in [2.45, 2.75) is 51.6 Å². The summed E-state index contributed by atoms with van der Waals surface area (Å²) >= 11 is 6.05. The van der Waals surface area contributed by atoms with E-state index in [2.05, 4.69) is 26.1 Å². The van der Waals surface area contributed by atoms with Gasteiger partial charge in [-0.1, -0.05) is 20.8 Å². The molecule has 16 heavy (non-hydrogen) atoms. The van der Waals surface area contributed by atoms with Crippen molar-refractivity contribution in [3.05, 3.63) is 0 Å². The Labute approximate surface area is 104 Å². The van der Waals surface area contributed by atoms with Gasteiger partial charge < -0.3 is 5.32 Å². The maximum atomic E-state index is 12.0. The zero-order valence-corrected chi connectivity index (χ0v) is 11.6. The summed E-state index contributed by atoms with van der Waals surface area (Å²) in [5.74, 6) is 0.105. The van der Waals surface area contributed by atoms with Gasteiger partial charge in [0.15, 0.2) is 0 Å². The lowest BCUT2D eigenvalue weighted by atomic mass is 9.88. The average Bonchev–Trinajstić information content (AvgIpc) is 2.43. The molecule has 0 saturated carbocycles. The van der Waals surface area contributed by atoms with Gasteiger partial charge in [-0.25, -0.2) is 0 Å². The Morgan fingerprint density at radius 1 is 1.50 bits per heavy atom. The van der Waals surface area contributed by atoms with E-state index in [1.165, 1.54) is 0 Å². The summed E-state index contributed by atoms with van der Waals surface area (Å²) in [4.78, 5) is 14.1. The third kappa shape index (κ3) is 3.36. The number of hydrogen-bond donors (Lipinski definition) is 1. The minimum absolute atomic E-state index is 0.0627. The molecule has 3 atom stereocenters. The van der Waals surface area contributed by atoms with E-state index < -0.39 is 0 Å². The molecule has 0 spiro atoms. The molecule has 0 aliphatic carbocycles. The van der Waals surface area contributed by atoms with E-state index in [0.29, 0.717) is 0 Å². The highest BCUT2D eigenvalue weighted by Gasteiger charge is 2.34. The number of amides is 1. The van der Waals surface area contributed by atoms with Crippen LogP contribution in [0.3, 0.4) is 0 Å². The third-order valence-corrected chi connectivity index (χ3v) is 3.77. The van der Waals surface area contributed by atoms with Gasteiger partial charge in [0.1, 0.15) is 0 Å². The second kappa shape index (κ2) is 4.92. The predicted octanol–water partition coefficient (Wildman–Crippen LogP) is 1.85. The van der Waals surface area contributed by atoms with Crippen LogP contribution in [0.4, 0.5) is 0 Å². The van der Waals surface area contributed by atoms with Gasteiger partial charge in [-0.05, 0) is 25.8 Å². The quantitative estimate of drug-likeness (QED) is 0.755. The second-order valence-electron chi connectivity index (χ2n) is 5.88. The van der Waals surface area contributed by atoms with Gasteiger partial charge in [0.2, 0.25) is 5.91 Å². The first-order chi connectivity index (χ1) is 7.21. The number of alkyl halides is 1. The van der Waals surface area contributed by atoms with E-state index in [1.54, 1.807) is 0 Å². The van der Waals surface area contributed by atoms with E-state index in [-0.39, 0.29) is 28.8 Å². The van der Waals surface area contributed by atoms with Crippen molar-refractivity contribution in [2.75, 3.05) is 13.6 Å². The summed E-state index contributed by atoms with van der Waals surface area (Å²) in [7, 11) is 1.95. The standard InChI is InChI=1S/C12H23ClN2O/c1-8(12(2,3)4)14-11(16)10-6-9(13)7-15(10)5/h8-10H,6-7H2,1-5H3,(H,14,16). The number of rotatable bonds is 2. The van der Waals surface area contributed by atoms with Crippen LogP contribution in [0.2, 0.25) is 0 Å². The largest absolute Gasteiger partial charge is 0.352 e. The number of nitrogens with one attached hydrogen (secondary N) is 1. The fourth-order valence-electron chi connectivity index (χ4n) is 1.77. The topological polar surface area (TPSA) is 32.3 Å². The van der Waals surface area contributed by atoms with Crippen LogP contribution in [0.15, 0.2) is 0 Å². The molecule has 0 radical (unpaired) electrons. The second-order valence-corrected chi connectivity index (χ2v) is 6.50. The first-order valence-electron chi connectivity index (χ1n) is 5.86. The summed E-state index contributed by atoms with van der Waals surface area (Å²) in [6.45, 7) is 9.22. The molecule has 1 aliphatic rings. The Bertz CT molecular complexity index is 262. The number of hydrogen-bond acceptors (Lipinski definition) is 2. The van der Waals surface area contributed by atoms with Crippen molar-refractivity contribution in [1.29, 1.82) is 0 Å². The third-order valence-electron chi connectivity index (χ3n) is 3.46. The molecule has 3 nitrogen and oxygen atoms in total. The van der Waals surface area contributed by atoms with E-state index in [9.17, 15) is 4.79 Å². The zero-order chi connectivity index (χ0) is 12.5. The van der Waals surface area contributed by atoms with Gasteiger partial charge in [0.05, 0.1) is 6.04 Å². The van der Waals surface area contributed by atoms with Crippen LogP contribution in [0.25, 0.3) is 0 Å². The van der Waals surface area contributed by atoms with Crippen molar-refractivity contribution in [3.8, 4) is 0 Å². The summed E-state index contributed by atoms with van der Waals surface area (Å²) in [5.41, 5.74) is 0.0905. The van der Waals surface area contributed by atoms with Crippen LogP contribution in [-0.2, 0) is 4.79 Å². The molecular formula is C12H23ClN2O. The molecule has 1 rings (SSSR count). The van der Waals surface area contributed by atoms with Gasteiger partial charge in [0, 0.05) is 18.0 Å². The number of likely N-dealkylation sites (N-methyl/N-ethyl adjacent to an activating group) is 1. The van der Waals surface area contributed by atoms with Gasteiger partial charge >= 0.3 is 0 Å². The highest BCUT2D eigenvalue weighted by Crippen LogP contribution is 2.22. The summed E-state index contributed by atoms with van der Waals surface area (Å²) in [6, 6.07) is 0.107. The lowest BCUT2D eigenvalue weighted by molar-refractivity contribution is -0.126. The Morgan fingerprint density at radius 2 is 2.06 bits per heavy atom. The van der Waals surface area contributed by atoms with Crippen molar-refractivity contribution < 1.29 is 4.79 Å². The average molecular weight is 247 g/mol. The molecule has 0 aromatic carbocycles. The molecule has 4 heteroatoms. The summed E-state index contributed by atoms with van der Waals surface area (Å²) < 4.78 is 0. The molecular weight excluding hydrogens is 224 g/mol. The molecule has 94 valence electrons. The molecule has 1 saturated heterocycles. The number of likely N-dealkylation sites (tertiary alicyclic amines) is 1. The van der Waals surface area contributed by atoms with E-state index in [4.69, 9.17) is 11.6 Å². The first kappa shape index (κ1) is 13.8. The highest BCUT2D eigenvalue weighted by atomic mass is 35.5. The normalized spacial score (nSPS) is 29.1. The molecule has 1 fully saturated rings. The van der Waals surface area contributed by atoms with Gasteiger partial charge in [-0.2, -0.15) is 0 Å². The lowest BCUT2D eigenvalue weighted by Crippen LogP contribution is -2.48. The maximum Gasteiger partial charge on any atom is 0.237 e. The highest BCUT2D eigenvalue weighted by molar-refractivity contribution is 6.21. The van der Waals surface area contributed by atoms with Crippen molar-refractivity contribution in [2.24, 2.45) is 5.41 Å². The van der Waals surface area contributed by atoms with Crippen molar-refractivity contribution >= 4 is 17.5 Å². The van der Waals surface area contributed by atoms with Gasteiger partial charge in [0.25, 0.3) is 0 Å². The molecule has 1 heterocycles. The molecule has 1 N–H and O–H groups in total. The Morgan fingerprint density at radius 3 is 2.44 bits per heavy atom. The fraction of sp³-hybridized carbons (Fsp3) is 0.917. The zero-order valence-electron chi connectivity index (χ0n) is 10.9. The Kier molecular flexibility index (Phi) is 4.24. The summed E-state index contributed by atoms with van der Waals surface area (Å²) in [6.07, 6.45) is 0.751. The lowest BCUT2D eigenvalue weighted by Gasteiger charge is -2.30. The van der Waals surface area contributed by atoms with Crippen LogP contribution < -0.4 is 5.32 Å². The van der Waals surface area contributed by atoms with E-state index >= 15 is 0 Å². The molecule has 1 amide bonds. The summed E-state index contributed by atoms with van der Waals surface area (Å²) in [5, 5.41) is 3.18. The SMILES string of the molecule is CC(NC(=O)C1CC(Cl)CN1C)C(C)(C)C. The van der Waals surface area contributed by atoms with Crippen LogP contribution in [0, 0.1) is 5.41 Å². The Hall–Kier alpha value is -0.280. The minimum atomic E-state index is -0.0627. The number of carbonyl (C=O) groups is 1. The first-order valence-corrected chi connectivity index (χ1v) is 6.30. The monoisotopic (exact) mass is 246 g/mol. The van der Waals surface area contributed by atoms with Crippen LogP contribution >= 0.6 is 11.6 Å². The number of halogens is 1. The smallest absolute Gasteiger partial charge is 0.237 e. The molecule has 0 aromatic heterocycles. The number of carbonyl (C=O) groups excluding carboxylic acids is 1. The van der Waals surface area contributed by atoms with E-state index in [0.717, 1.165) is 13.0 Å². The van der Waals surface area contributed by atoms with Crippen LogP contribution in [0.1, 0.15) is 34.1 Å². The molecule has 1 aliphatic heterocycles. The van der Waals surface area contributed by atoms with Crippen molar-refractivity contribution in [3.63, 3.8) is 0 Å². The van der Waals surface area contributed by atoms with Gasteiger partial charge in [-0.3, -0.25) is 9.69 Å². The number of nitrogens with zero attached hydrogens (tertiary/aromatic N) is 1. The minimum Gasteiger partial charge on any atom is -0.352 e.